The van der Waals surface area contributed by atoms with Crippen LogP contribution in [0.25, 0.3) is 5.82 Å². The highest BCUT2D eigenvalue weighted by Gasteiger charge is 2.26. The highest BCUT2D eigenvalue weighted by molar-refractivity contribution is 5.79. The third kappa shape index (κ3) is 3.78. The van der Waals surface area contributed by atoms with Crippen molar-refractivity contribution in [2.45, 2.75) is 19.4 Å². The average Bonchev–Trinajstić information content (AvgIpc) is 3.49. The summed E-state index contributed by atoms with van der Waals surface area (Å²) in [6, 6.07) is 9.58. The zero-order valence-electron chi connectivity index (χ0n) is 16.4. The standard InChI is InChI=1S/C21H22N6O3/c28-21(23-11-15-3-4-17-18(10-15)30-14-29-17)16-2-1-8-26(12-16)19-5-6-20(25-24-19)27-9-7-22-13-27/h3-7,9-10,13,16H,1-2,8,11-12,14H2,(H,23,28). The number of fused-ring (bicyclic) bond motifs is 1. The van der Waals surface area contributed by atoms with E-state index in [4.69, 9.17) is 9.47 Å². The molecule has 0 saturated carbocycles. The number of hydrogen-bond donors (Lipinski definition) is 1. The summed E-state index contributed by atoms with van der Waals surface area (Å²) in [4.78, 5) is 18.9. The number of anilines is 1. The van der Waals surface area contributed by atoms with E-state index in [-0.39, 0.29) is 18.6 Å². The Bertz CT molecular complexity index is 1020. The summed E-state index contributed by atoms with van der Waals surface area (Å²) in [5, 5.41) is 11.7. The van der Waals surface area contributed by atoms with Gasteiger partial charge in [0.25, 0.3) is 0 Å². The average molecular weight is 406 g/mol. The van der Waals surface area contributed by atoms with Gasteiger partial charge in [0.15, 0.2) is 23.1 Å². The summed E-state index contributed by atoms with van der Waals surface area (Å²) in [5.41, 5.74) is 0.987. The maximum absolute atomic E-state index is 12.8. The van der Waals surface area contributed by atoms with Crippen molar-refractivity contribution in [3.05, 3.63) is 54.6 Å². The molecule has 4 heterocycles. The molecule has 0 spiro atoms. The zero-order valence-corrected chi connectivity index (χ0v) is 16.4. The zero-order chi connectivity index (χ0) is 20.3. The second-order valence-electron chi connectivity index (χ2n) is 7.41. The fraction of sp³-hybridized carbons (Fsp3) is 0.333. The van der Waals surface area contributed by atoms with Crippen molar-refractivity contribution in [3.8, 4) is 17.3 Å². The number of imidazole rings is 1. The first-order valence-electron chi connectivity index (χ1n) is 9.99. The van der Waals surface area contributed by atoms with Gasteiger partial charge in [0, 0.05) is 32.0 Å². The molecule has 1 fully saturated rings. The Morgan fingerprint density at radius 2 is 2.00 bits per heavy atom. The third-order valence-electron chi connectivity index (χ3n) is 5.43. The Labute approximate surface area is 173 Å². The fourth-order valence-electron chi connectivity index (χ4n) is 3.80. The van der Waals surface area contributed by atoms with Crippen LogP contribution in [0.15, 0.2) is 49.1 Å². The Hall–Kier alpha value is -3.62. The van der Waals surface area contributed by atoms with E-state index in [0.29, 0.717) is 18.9 Å². The van der Waals surface area contributed by atoms with Crippen molar-refractivity contribution in [2.75, 3.05) is 24.8 Å². The topological polar surface area (TPSA) is 94.4 Å². The minimum absolute atomic E-state index is 0.0559. The van der Waals surface area contributed by atoms with Crippen LogP contribution in [0.2, 0.25) is 0 Å². The first-order valence-corrected chi connectivity index (χ1v) is 9.99. The molecule has 2 aromatic heterocycles. The molecule has 9 nitrogen and oxygen atoms in total. The molecule has 30 heavy (non-hydrogen) atoms. The normalized spacial score (nSPS) is 17.7. The number of piperidine rings is 1. The summed E-state index contributed by atoms with van der Waals surface area (Å²) >= 11 is 0. The van der Waals surface area contributed by atoms with Gasteiger partial charge in [-0.3, -0.25) is 9.36 Å². The van der Waals surface area contributed by atoms with Crippen molar-refractivity contribution in [1.29, 1.82) is 0 Å². The molecule has 1 atom stereocenters. The Morgan fingerprint density at radius 1 is 1.13 bits per heavy atom. The molecule has 2 aliphatic rings. The van der Waals surface area contributed by atoms with Crippen LogP contribution in [-0.2, 0) is 11.3 Å². The molecule has 0 aliphatic carbocycles. The summed E-state index contributed by atoms with van der Waals surface area (Å²) in [6.07, 6.45) is 7.01. The van der Waals surface area contributed by atoms with E-state index in [1.54, 1.807) is 17.1 Å². The Morgan fingerprint density at radius 3 is 2.83 bits per heavy atom. The highest BCUT2D eigenvalue weighted by atomic mass is 16.7. The second kappa shape index (κ2) is 8.02. The molecular formula is C21H22N6O3. The highest BCUT2D eigenvalue weighted by Crippen LogP contribution is 2.32. The molecule has 5 rings (SSSR count). The maximum Gasteiger partial charge on any atom is 0.231 e. The summed E-state index contributed by atoms with van der Waals surface area (Å²) in [7, 11) is 0. The van der Waals surface area contributed by atoms with Crippen molar-refractivity contribution in [3.63, 3.8) is 0 Å². The van der Waals surface area contributed by atoms with Crippen LogP contribution in [-0.4, -0.2) is 45.5 Å². The maximum atomic E-state index is 12.8. The lowest BCUT2D eigenvalue weighted by Gasteiger charge is -2.32. The predicted octanol–water partition coefficient (Wildman–Crippen LogP) is 1.92. The van der Waals surface area contributed by atoms with E-state index in [0.717, 1.165) is 42.3 Å². The lowest BCUT2D eigenvalue weighted by atomic mass is 9.97. The number of carbonyl (C=O) groups is 1. The van der Waals surface area contributed by atoms with Crippen LogP contribution in [0.3, 0.4) is 0 Å². The molecular weight excluding hydrogens is 384 g/mol. The van der Waals surface area contributed by atoms with Gasteiger partial charge in [0.2, 0.25) is 12.7 Å². The fourth-order valence-corrected chi connectivity index (χ4v) is 3.80. The Kier molecular flexibility index (Phi) is 4.92. The summed E-state index contributed by atoms with van der Waals surface area (Å²) < 4.78 is 12.5. The van der Waals surface area contributed by atoms with Crippen LogP contribution < -0.4 is 19.7 Å². The summed E-state index contributed by atoms with van der Waals surface area (Å²) in [6.45, 7) is 2.21. The number of nitrogens with one attached hydrogen (secondary N) is 1. The molecule has 9 heteroatoms. The Balaban J connectivity index is 1.19. The lowest BCUT2D eigenvalue weighted by Crippen LogP contribution is -2.43. The van der Waals surface area contributed by atoms with E-state index in [1.807, 2.05) is 36.5 Å². The number of carbonyl (C=O) groups excluding carboxylic acids is 1. The first-order chi connectivity index (χ1) is 14.8. The van der Waals surface area contributed by atoms with Crippen LogP contribution in [0.1, 0.15) is 18.4 Å². The number of hydrogen-bond acceptors (Lipinski definition) is 7. The smallest absolute Gasteiger partial charge is 0.231 e. The number of nitrogens with zero attached hydrogens (tertiary/aromatic N) is 5. The molecule has 1 N–H and O–H groups in total. The minimum atomic E-state index is -0.0807. The van der Waals surface area contributed by atoms with Gasteiger partial charge in [0.1, 0.15) is 6.33 Å². The van der Waals surface area contributed by atoms with Crippen molar-refractivity contribution >= 4 is 11.7 Å². The number of benzene rings is 1. The number of amides is 1. The quantitative estimate of drug-likeness (QED) is 0.692. The van der Waals surface area contributed by atoms with E-state index >= 15 is 0 Å². The molecule has 0 radical (unpaired) electrons. The molecule has 2 aliphatic heterocycles. The van der Waals surface area contributed by atoms with Crippen LogP contribution in [0.5, 0.6) is 11.5 Å². The van der Waals surface area contributed by atoms with Crippen molar-refractivity contribution in [2.24, 2.45) is 5.92 Å². The molecule has 1 unspecified atom stereocenters. The number of rotatable bonds is 5. The van der Waals surface area contributed by atoms with Crippen LogP contribution >= 0.6 is 0 Å². The monoisotopic (exact) mass is 406 g/mol. The molecule has 3 aromatic rings. The SMILES string of the molecule is O=C(NCc1ccc2c(c1)OCO2)C1CCCN(c2ccc(-n3ccnc3)nn2)C1. The van der Waals surface area contributed by atoms with Gasteiger partial charge in [0.05, 0.1) is 5.92 Å². The van der Waals surface area contributed by atoms with E-state index < -0.39 is 0 Å². The van der Waals surface area contributed by atoms with Crippen LogP contribution in [0, 0.1) is 5.92 Å². The van der Waals surface area contributed by atoms with E-state index in [2.05, 4.69) is 25.4 Å². The van der Waals surface area contributed by atoms with Gasteiger partial charge in [-0.2, -0.15) is 0 Å². The van der Waals surface area contributed by atoms with Gasteiger partial charge in [-0.1, -0.05) is 6.07 Å². The molecule has 0 bridgehead atoms. The number of aromatic nitrogens is 4. The van der Waals surface area contributed by atoms with E-state index in [9.17, 15) is 4.79 Å². The van der Waals surface area contributed by atoms with Gasteiger partial charge < -0.3 is 19.7 Å². The third-order valence-corrected chi connectivity index (χ3v) is 5.43. The molecule has 1 aromatic carbocycles. The second-order valence-corrected chi connectivity index (χ2v) is 7.41. The number of ether oxygens (including phenoxy) is 2. The van der Waals surface area contributed by atoms with Gasteiger partial charge in [-0.25, -0.2) is 4.98 Å². The lowest BCUT2D eigenvalue weighted by molar-refractivity contribution is -0.125. The largest absolute Gasteiger partial charge is 0.454 e. The van der Waals surface area contributed by atoms with Gasteiger partial charge >= 0.3 is 0 Å². The van der Waals surface area contributed by atoms with Gasteiger partial charge in [-0.15, -0.1) is 10.2 Å². The van der Waals surface area contributed by atoms with Crippen molar-refractivity contribution < 1.29 is 14.3 Å². The molecule has 1 saturated heterocycles. The summed E-state index contributed by atoms with van der Waals surface area (Å²) in [5.74, 6) is 2.94. The first kappa shape index (κ1) is 18.4. The van der Waals surface area contributed by atoms with Crippen molar-refractivity contribution in [1.82, 2.24) is 25.1 Å². The minimum Gasteiger partial charge on any atom is -0.454 e. The molecule has 154 valence electrons. The predicted molar refractivity (Wildman–Crippen MR) is 109 cm³/mol. The molecule has 1 amide bonds. The van der Waals surface area contributed by atoms with E-state index in [1.165, 1.54) is 0 Å². The van der Waals surface area contributed by atoms with Gasteiger partial charge in [-0.05, 0) is 42.7 Å². The van der Waals surface area contributed by atoms with Crippen LogP contribution in [0.4, 0.5) is 5.82 Å².